The molecule has 0 aliphatic rings. The maximum atomic E-state index is 14.1. The molecule has 0 aliphatic carbocycles. The van der Waals surface area contributed by atoms with Crippen molar-refractivity contribution in [3.63, 3.8) is 0 Å². The summed E-state index contributed by atoms with van der Waals surface area (Å²) in [5, 5.41) is 7.64. The molecule has 132 valence electrons. The first-order chi connectivity index (χ1) is 12.1. The Bertz CT molecular complexity index is 711. The first-order valence-corrected chi connectivity index (χ1v) is 8.77. The van der Waals surface area contributed by atoms with Crippen molar-refractivity contribution >= 4 is 12.4 Å². The molecule has 0 atom stereocenters. The van der Waals surface area contributed by atoms with Crippen molar-refractivity contribution < 1.29 is 8.78 Å². The number of benzene rings is 2. The molecule has 0 unspecified atom stereocenters. The van der Waals surface area contributed by atoms with Crippen molar-refractivity contribution in [2.45, 2.75) is 46.0 Å². The van der Waals surface area contributed by atoms with E-state index in [-0.39, 0.29) is 5.56 Å². The number of aryl methyl sites for hydroxylation is 2. The molecule has 0 aliphatic heterocycles. The van der Waals surface area contributed by atoms with Gasteiger partial charge in [0.05, 0.1) is 18.0 Å². The van der Waals surface area contributed by atoms with Crippen molar-refractivity contribution in [3.8, 4) is 0 Å². The second-order valence-corrected chi connectivity index (χ2v) is 6.01. The third kappa shape index (κ3) is 5.89. The van der Waals surface area contributed by atoms with E-state index in [1.807, 2.05) is 24.3 Å². The van der Waals surface area contributed by atoms with Crippen LogP contribution in [0.3, 0.4) is 0 Å². The molecule has 2 nitrogen and oxygen atoms in total. The predicted octanol–water partition coefficient (Wildman–Crippen LogP) is 5.71. The van der Waals surface area contributed by atoms with Gasteiger partial charge in [-0.05, 0) is 48.1 Å². The topological polar surface area (TPSA) is 24.7 Å². The third-order valence-electron chi connectivity index (χ3n) is 4.06. The van der Waals surface area contributed by atoms with Gasteiger partial charge in [0.25, 0.3) is 0 Å². The summed E-state index contributed by atoms with van der Waals surface area (Å²) in [6.45, 7) is 4.19. The minimum absolute atomic E-state index is 0.155. The fourth-order valence-corrected chi connectivity index (χ4v) is 2.51. The summed E-state index contributed by atoms with van der Waals surface area (Å²) < 4.78 is 28.1. The lowest BCUT2D eigenvalue weighted by atomic mass is 10.0. The van der Waals surface area contributed by atoms with E-state index in [2.05, 4.69) is 24.1 Å². The van der Waals surface area contributed by atoms with E-state index in [1.54, 1.807) is 6.21 Å². The quantitative estimate of drug-likeness (QED) is 0.333. The van der Waals surface area contributed by atoms with Crippen LogP contribution in [0.25, 0.3) is 0 Å². The van der Waals surface area contributed by atoms with Crippen molar-refractivity contribution in [1.82, 2.24) is 0 Å². The predicted molar refractivity (Wildman–Crippen MR) is 101 cm³/mol. The van der Waals surface area contributed by atoms with E-state index in [1.165, 1.54) is 17.7 Å². The van der Waals surface area contributed by atoms with Gasteiger partial charge < -0.3 is 0 Å². The average Bonchev–Trinajstić information content (AvgIpc) is 2.61. The Morgan fingerprint density at radius 2 is 1.48 bits per heavy atom. The molecular weight excluding hydrogens is 318 g/mol. The molecule has 0 saturated heterocycles. The summed E-state index contributed by atoms with van der Waals surface area (Å²) in [6.07, 6.45) is 7.41. The first-order valence-electron chi connectivity index (χ1n) is 8.77. The molecule has 0 bridgehead atoms. The average molecular weight is 342 g/mol. The second kappa shape index (κ2) is 9.82. The molecule has 25 heavy (non-hydrogen) atoms. The Morgan fingerprint density at radius 1 is 0.840 bits per heavy atom. The van der Waals surface area contributed by atoms with Gasteiger partial charge in [0.1, 0.15) is 11.6 Å². The SMILES string of the molecule is CCCCCc1cc(F)c(C=NN=Cc2ccc(CC)cc2)c(F)c1. The summed E-state index contributed by atoms with van der Waals surface area (Å²) >= 11 is 0. The number of unbranched alkanes of at least 4 members (excludes halogenated alkanes) is 2. The molecule has 0 saturated carbocycles. The van der Waals surface area contributed by atoms with Crippen molar-refractivity contribution in [2.24, 2.45) is 10.2 Å². The highest BCUT2D eigenvalue weighted by molar-refractivity contribution is 5.83. The highest BCUT2D eigenvalue weighted by Crippen LogP contribution is 2.16. The fraction of sp³-hybridized carbons (Fsp3) is 0.333. The van der Waals surface area contributed by atoms with E-state index < -0.39 is 11.6 Å². The van der Waals surface area contributed by atoms with Crippen LogP contribution in [0.4, 0.5) is 8.78 Å². The van der Waals surface area contributed by atoms with Gasteiger partial charge in [-0.15, -0.1) is 0 Å². The van der Waals surface area contributed by atoms with Crippen LogP contribution in [0, 0.1) is 11.6 Å². The zero-order valence-corrected chi connectivity index (χ0v) is 14.8. The number of halogens is 2. The molecule has 0 heterocycles. The van der Waals surface area contributed by atoms with Gasteiger partial charge in [-0.3, -0.25) is 0 Å². The van der Waals surface area contributed by atoms with Gasteiger partial charge in [-0.2, -0.15) is 10.2 Å². The highest BCUT2D eigenvalue weighted by Gasteiger charge is 2.09. The van der Waals surface area contributed by atoms with Crippen LogP contribution < -0.4 is 0 Å². The van der Waals surface area contributed by atoms with Gasteiger partial charge in [0.2, 0.25) is 0 Å². The first kappa shape index (κ1) is 19.0. The second-order valence-electron chi connectivity index (χ2n) is 6.01. The number of rotatable bonds is 8. The Morgan fingerprint density at radius 3 is 2.08 bits per heavy atom. The van der Waals surface area contributed by atoms with Crippen LogP contribution in [0.15, 0.2) is 46.6 Å². The van der Waals surface area contributed by atoms with Crippen LogP contribution in [-0.2, 0) is 12.8 Å². The molecule has 0 fully saturated rings. The van der Waals surface area contributed by atoms with Gasteiger partial charge in [-0.1, -0.05) is 51.0 Å². The van der Waals surface area contributed by atoms with Crippen molar-refractivity contribution in [3.05, 3.63) is 70.3 Å². The van der Waals surface area contributed by atoms with Crippen LogP contribution >= 0.6 is 0 Å². The molecule has 0 radical (unpaired) electrons. The molecule has 2 rings (SSSR count). The molecule has 0 aromatic heterocycles. The molecule has 0 spiro atoms. The van der Waals surface area contributed by atoms with Gasteiger partial charge >= 0.3 is 0 Å². The van der Waals surface area contributed by atoms with E-state index in [4.69, 9.17) is 0 Å². The Hall–Kier alpha value is -2.36. The van der Waals surface area contributed by atoms with Crippen LogP contribution in [0.1, 0.15) is 55.4 Å². The lowest BCUT2D eigenvalue weighted by molar-refractivity contribution is 0.574. The minimum Gasteiger partial charge on any atom is -0.206 e. The zero-order chi connectivity index (χ0) is 18.1. The Labute approximate surface area is 148 Å². The third-order valence-corrected chi connectivity index (χ3v) is 4.06. The van der Waals surface area contributed by atoms with E-state index in [0.29, 0.717) is 12.0 Å². The Kier molecular flexibility index (Phi) is 7.45. The smallest absolute Gasteiger partial charge is 0.135 e. The number of nitrogens with zero attached hydrogens (tertiary/aromatic N) is 2. The molecule has 4 heteroatoms. The highest BCUT2D eigenvalue weighted by atomic mass is 19.1. The zero-order valence-electron chi connectivity index (χ0n) is 14.8. The lowest BCUT2D eigenvalue weighted by Gasteiger charge is -2.04. The van der Waals surface area contributed by atoms with Crippen molar-refractivity contribution in [2.75, 3.05) is 0 Å². The number of hydrogen-bond donors (Lipinski definition) is 0. The fourth-order valence-electron chi connectivity index (χ4n) is 2.51. The summed E-state index contributed by atoms with van der Waals surface area (Å²) in [7, 11) is 0. The minimum atomic E-state index is -0.599. The largest absolute Gasteiger partial charge is 0.206 e. The Balaban J connectivity index is 2.03. The van der Waals surface area contributed by atoms with Crippen LogP contribution in [0.5, 0.6) is 0 Å². The molecule has 0 amide bonds. The number of hydrogen-bond acceptors (Lipinski definition) is 2. The summed E-state index contributed by atoms with van der Waals surface area (Å²) in [4.78, 5) is 0. The monoisotopic (exact) mass is 342 g/mol. The molecular formula is C21H24F2N2. The maximum absolute atomic E-state index is 14.1. The standard InChI is InChI=1S/C21H24F2N2/c1-3-5-6-7-18-12-20(22)19(21(23)13-18)15-25-24-14-17-10-8-16(4-2)9-11-17/h8-15H,3-7H2,1-2H3. The van der Waals surface area contributed by atoms with Gasteiger partial charge in [0.15, 0.2) is 0 Å². The van der Waals surface area contributed by atoms with Crippen LogP contribution in [0.2, 0.25) is 0 Å². The molecule has 2 aromatic rings. The van der Waals surface area contributed by atoms with Crippen molar-refractivity contribution in [1.29, 1.82) is 0 Å². The molecule has 2 aromatic carbocycles. The summed E-state index contributed by atoms with van der Waals surface area (Å²) in [6, 6.07) is 10.7. The summed E-state index contributed by atoms with van der Waals surface area (Å²) in [5.74, 6) is -1.20. The van der Waals surface area contributed by atoms with Crippen LogP contribution in [-0.4, -0.2) is 12.4 Å². The van der Waals surface area contributed by atoms with Gasteiger partial charge in [-0.25, -0.2) is 8.78 Å². The van der Waals surface area contributed by atoms with E-state index >= 15 is 0 Å². The van der Waals surface area contributed by atoms with E-state index in [9.17, 15) is 8.78 Å². The normalized spacial score (nSPS) is 11.7. The molecule has 0 N–H and O–H groups in total. The maximum Gasteiger partial charge on any atom is 0.135 e. The lowest BCUT2D eigenvalue weighted by Crippen LogP contribution is -1.98. The van der Waals surface area contributed by atoms with E-state index in [0.717, 1.165) is 37.5 Å². The van der Waals surface area contributed by atoms with Gasteiger partial charge in [0, 0.05) is 0 Å². The summed E-state index contributed by atoms with van der Waals surface area (Å²) in [5.41, 5.74) is 2.66.